The molecule has 1 heterocycles. The van der Waals surface area contributed by atoms with E-state index in [1.165, 1.54) is 12.5 Å². The Bertz CT molecular complexity index is 516. The number of hydrogen-bond donors (Lipinski definition) is 1. The van der Waals surface area contributed by atoms with E-state index in [1.807, 2.05) is 17.0 Å². The summed E-state index contributed by atoms with van der Waals surface area (Å²) in [4.78, 5) is 24.8. The number of nitrogens with one attached hydrogen (secondary N) is 1. The van der Waals surface area contributed by atoms with Crippen LogP contribution in [0, 0.1) is 5.92 Å². The summed E-state index contributed by atoms with van der Waals surface area (Å²) >= 11 is 5.89. The number of amides is 2. The summed E-state index contributed by atoms with van der Waals surface area (Å²) < 4.78 is 0. The van der Waals surface area contributed by atoms with Gasteiger partial charge in [-0.1, -0.05) is 23.7 Å². The highest BCUT2D eigenvalue weighted by molar-refractivity contribution is 6.30. The molecule has 4 nitrogen and oxygen atoms in total. The fourth-order valence-electron chi connectivity index (χ4n) is 2.84. The molecule has 1 aliphatic heterocycles. The van der Waals surface area contributed by atoms with Crippen molar-refractivity contribution < 1.29 is 9.59 Å². The molecule has 1 atom stereocenters. The fraction of sp³-hybridized carbons (Fsp3) is 0.529. The molecule has 2 amide bonds. The summed E-state index contributed by atoms with van der Waals surface area (Å²) in [6, 6.07) is 7.94. The van der Waals surface area contributed by atoms with Gasteiger partial charge in [0.25, 0.3) is 0 Å². The zero-order valence-corrected chi connectivity index (χ0v) is 13.7. The summed E-state index contributed by atoms with van der Waals surface area (Å²) in [7, 11) is 0. The summed E-state index contributed by atoms with van der Waals surface area (Å²) in [6.45, 7) is 3.74. The lowest BCUT2D eigenvalue weighted by Gasteiger charge is -2.16. The Balaban J connectivity index is 1.71. The Morgan fingerprint density at radius 1 is 1.32 bits per heavy atom. The average Bonchev–Trinajstić information content (AvgIpc) is 2.94. The molecule has 0 saturated carbocycles. The highest BCUT2D eigenvalue weighted by Gasteiger charge is 2.25. The minimum atomic E-state index is -0.0448. The molecule has 1 aliphatic rings. The third-order valence-electron chi connectivity index (χ3n) is 4.02. The number of benzene rings is 1. The first-order chi connectivity index (χ1) is 10.5. The van der Waals surface area contributed by atoms with Crippen molar-refractivity contribution in [3.63, 3.8) is 0 Å². The molecule has 22 heavy (non-hydrogen) atoms. The van der Waals surface area contributed by atoms with Crippen LogP contribution in [-0.4, -0.2) is 36.3 Å². The number of nitrogens with zero attached hydrogens (tertiary/aromatic N) is 1. The fourth-order valence-corrected chi connectivity index (χ4v) is 2.97. The predicted molar refractivity (Wildman–Crippen MR) is 87.8 cm³/mol. The van der Waals surface area contributed by atoms with Gasteiger partial charge in [0.05, 0.1) is 0 Å². The van der Waals surface area contributed by atoms with Crippen molar-refractivity contribution in [3.05, 3.63) is 34.9 Å². The minimum absolute atomic E-state index is 0.0448. The second kappa shape index (κ2) is 8.18. The van der Waals surface area contributed by atoms with Crippen LogP contribution < -0.4 is 5.32 Å². The van der Waals surface area contributed by atoms with Crippen molar-refractivity contribution in [2.45, 2.75) is 32.6 Å². The van der Waals surface area contributed by atoms with E-state index in [0.717, 1.165) is 31.0 Å². The first-order valence-corrected chi connectivity index (χ1v) is 8.19. The molecule has 0 spiro atoms. The van der Waals surface area contributed by atoms with Crippen molar-refractivity contribution in [2.75, 3.05) is 19.6 Å². The van der Waals surface area contributed by atoms with Crippen LogP contribution >= 0.6 is 11.6 Å². The summed E-state index contributed by atoms with van der Waals surface area (Å²) in [6.07, 6.45) is 3.26. The summed E-state index contributed by atoms with van der Waals surface area (Å²) in [5.74, 6) is 0.682. The number of halogens is 1. The Hall–Kier alpha value is -1.55. The molecule has 1 aromatic carbocycles. The molecule has 1 unspecified atom stereocenters. The highest BCUT2D eigenvalue weighted by atomic mass is 35.5. The van der Waals surface area contributed by atoms with Gasteiger partial charge in [-0.25, -0.2) is 0 Å². The molecule has 1 aromatic rings. The standard InChI is InChI=1S/C17H23ClN2O2/c1-13(21)19-9-2-3-17(22)20-10-8-15(12-20)11-14-4-6-16(18)7-5-14/h4-7,15H,2-3,8-12H2,1H3,(H,19,21). The van der Waals surface area contributed by atoms with Crippen LogP contribution in [0.25, 0.3) is 0 Å². The van der Waals surface area contributed by atoms with Gasteiger partial charge >= 0.3 is 0 Å². The van der Waals surface area contributed by atoms with Gasteiger partial charge in [0.1, 0.15) is 0 Å². The molecule has 1 fully saturated rings. The maximum atomic E-state index is 12.1. The van der Waals surface area contributed by atoms with Gasteiger partial charge in [-0.3, -0.25) is 9.59 Å². The Morgan fingerprint density at radius 3 is 2.73 bits per heavy atom. The van der Waals surface area contributed by atoms with Crippen LogP contribution in [0.3, 0.4) is 0 Å². The second-order valence-electron chi connectivity index (χ2n) is 5.91. The van der Waals surface area contributed by atoms with Crippen molar-refractivity contribution >= 4 is 23.4 Å². The third kappa shape index (κ3) is 5.34. The van der Waals surface area contributed by atoms with E-state index < -0.39 is 0 Å². The van der Waals surface area contributed by atoms with Crippen LogP contribution in [0.5, 0.6) is 0 Å². The lowest BCUT2D eigenvalue weighted by Crippen LogP contribution is -2.30. The van der Waals surface area contributed by atoms with Gasteiger partial charge < -0.3 is 10.2 Å². The minimum Gasteiger partial charge on any atom is -0.356 e. The molecule has 0 aromatic heterocycles. The summed E-state index contributed by atoms with van der Waals surface area (Å²) in [5.41, 5.74) is 1.27. The van der Waals surface area contributed by atoms with Crippen LogP contribution in [0.4, 0.5) is 0 Å². The number of carbonyl (C=O) groups excluding carboxylic acids is 2. The van der Waals surface area contributed by atoms with E-state index in [0.29, 0.717) is 25.3 Å². The molecule has 0 bridgehead atoms. The second-order valence-corrected chi connectivity index (χ2v) is 6.35. The molecule has 0 radical (unpaired) electrons. The third-order valence-corrected chi connectivity index (χ3v) is 4.27. The van der Waals surface area contributed by atoms with Gasteiger partial charge in [0.2, 0.25) is 11.8 Å². The molecule has 120 valence electrons. The highest BCUT2D eigenvalue weighted by Crippen LogP contribution is 2.22. The van der Waals surface area contributed by atoms with E-state index >= 15 is 0 Å². The van der Waals surface area contributed by atoms with Gasteiger partial charge in [0.15, 0.2) is 0 Å². The van der Waals surface area contributed by atoms with E-state index in [2.05, 4.69) is 17.4 Å². The van der Waals surface area contributed by atoms with E-state index in [9.17, 15) is 9.59 Å². The van der Waals surface area contributed by atoms with Crippen LogP contribution in [0.15, 0.2) is 24.3 Å². The zero-order valence-electron chi connectivity index (χ0n) is 13.0. The molecule has 0 aliphatic carbocycles. The van der Waals surface area contributed by atoms with Gasteiger partial charge in [-0.15, -0.1) is 0 Å². The van der Waals surface area contributed by atoms with Crippen molar-refractivity contribution in [1.29, 1.82) is 0 Å². The van der Waals surface area contributed by atoms with Gasteiger partial charge in [-0.05, 0) is 42.9 Å². The van der Waals surface area contributed by atoms with Crippen LogP contribution in [0.1, 0.15) is 31.7 Å². The first-order valence-electron chi connectivity index (χ1n) is 7.81. The smallest absolute Gasteiger partial charge is 0.222 e. The Labute approximate surface area is 136 Å². The maximum absolute atomic E-state index is 12.1. The zero-order chi connectivity index (χ0) is 15.9. The van der Waals surface area contributed by atoms with Crippen molar-refractivity contribution in [3.8, 4) is 0 Å². The van der Waals surface area contributed by atoms with E-state index in [-0.39, 0.29) is 11.8 Å². The largest absolute Gasteiger partial charge is 0.356 e. The predicted octanol–water partition coefficient (Wildman–Crippen LogP) is 2.65. The molecular formula is C17H23ClN2O2. The SMILES string of the molecule is CC(=O)NCCCC(=O)N1CCC(Cc2ccc(Cl)cc2)C1. The average molecular weight is 323 g/mol. The quantitative estimate of drug-likeness (QED) is 0.819. The van der Waals surface area contributed by atoms with Crippen LogP contribution in [-0.2, 0) is 16.0 Å². The number of carbonyl (C=O) groups is 2. The Morgan fingerprint density at radius 2 is 2.05 bits per heavy atom. The lowest BCUT2D eigenvalue weighted by atomic mass is 9.99. The topological polar surface area (TPSA) is 49.4 Å². The van der Waals surface area contributed by atoms with Gasteiger partial charge in [0, 0.05) is 38.0 Å². The van der Waals surface area contributed by atoms with E-state index in [4.69, 9.17) is 11.6 Å². The molecular weight excluding hydrogens is 300 g/mol. The molecule has 1 saturated heterocycles. The monoisotopic (exact) mass is 322 g/mol. The lowest BCUT2D eigenvalue weighted by molar-refractivity contribution is -0.130. The number of rotatable bonds is 6. The number of hydrogen-bond acceptors (Lipinski definition) is 2. The Kier molecular flexibility index (Phi) is 6.25. The van der Waals surface area contributed by atoms with E-state index in [1.54, 1.807) is 0 Å². The normalized spacial score (nSPS) is 17.5. The molecule has 2 rings (SSSR count). The molecule has 5 heteroatoms. The molecule has 1 N–H and O–H groups in total. The number of likely N-dealkylation sites (tertiary alicyclic amines) is 1. The summed E-state index contributed by atoms with van der Waals surface area (Å²) in [5, 5.41) is 3.47. The van der Waals surface area contributed by atoms with Crippen molar-refractivity contribution in [2.24, 2.45) is 5.92 Å². The maximum Gasteiger partial charge on any atom is 0.222 e. The van der Waals surface area contributed by atoms with Crippen LogP contribution in [0.2, 0.25) is 5.02 Å². The van der Waals surface area contributed by atoms with Crippen molar-refractivity contribution in [1.82, 2.24) is 10.2 Å². The first kappa shape index (κ1) is 16.8. The van der Waals surface area contributed by atoms with Gasteiger partial charge in [-0.2, -0.15) is 0 Å².